The molecular formula is C11H9F4N3O3S. The van der Waals surface area contributed by atoms with E-state index >= 15 is 0 Å². The van der Waals surface area contributed by atoms with Crippen molar-refractivity contribution >= 4 is 10.0 Å². The van der Waals surface area contributed by atoms with Gasteiger partial charge in [0.1, 0.15) is 5.82 Å². The Morgan fingerprint density at radius 3 is 2.50 bits per heavy atom. The lowest BCUT2D eigenvalue weighted by molar-refractivity contribution is -0.159. The number of nitrogens with zero attached hydrogens (tertiary/aromatic N) is 2. The van der Waals surface area contributed by atoms with E-state index in [9.17, 15) is 26.0 Å². The molecule has 1 aromatic carbocycles. The molecule has 0 saturated carbocycles. The Labute approximate surface area is 122 Å². The van der Waals surface area contributed by atoms with Gasteiger partial charge < -0.3 is 4.52 Å². The third-order valence-electron chi connectivity index (χ3n) is 2.64. The number of aromatic nitrogens is 2. The Morgan fingerprint density at radius 2 is 2.00 bits per heavy atom. The SMILES string of the molecule is CNS(=O)(=O)Cc1ccc(-c2noc(C(F)(F)F)n2)cc1F. The van der Waals surface area contributed by atoms with Gasteiger partial charge in [0.2, 0.25) is 15.8 Å². The van der Waals surface area contributed by atoms with Crippen molar-refractivity contribution in [1.29, 1.82) is 0 Å². The molecule has 0 atom stereocenters. The van der Waals surface area contributed by atoms with Gasteiger partial charge >= 0.3 is 12.1 Å². The van der Waals surface area contributed by atoms with E-state index in [2.05, 4.69) is 14.7 Å². The van der Waals surface area contributed by atoms with Crippen LogP contribution in [0.4, 0.5) is 17.6 Å². The topological polar surface area (TPSA) is 85.1 Å². The summed E-state index contributed by atoms with van der Waals surface area (Å²) in [5, 5.41) is 3.11. The molecule has 0 saturated heterocycles. The molecule has 120 valence electrons. The summed E-state index contributed by atoms with van der Waals surface area (Å²) in [6.45, 7) is 0. The van der Waals surface area contributed by atoms with Crippen molar-refractivity contribution in [1.82, 2.24) is 14.9 Å². The number of hydrogen-bond acceptors (Lipinski definition) is 5. The zero-order chi connectivity index (χ0) is 16.5. The highest BCUT2D eigenvalue weighted by molar-refractivity contribution is 7.88. The molecule has 0 aliphatic carbocycles. The molecule has 0 fully saturated rings. The van der Waals surface area contributed by atoms with Gasteiger partial charge in [0.25, 0.3) is 0 Å². The molecule has 1 heterocycles. The average molecular weight is 339 g/mol. The standard InChI is InChI=1S/C11H9F4N3O3S/c1-16-22(19,20)5-7-3-2-6(4-8(7)12)9-17-10(21-18-9)11(13,14)15/h2-4,16H,5H2,1H3. The van der Waals surface area contributed by atoms with Crippen molar-refractivity contribution in [2.24, 2.45) is 0 Å². The van der Waals surface area contributed by atoms with Crippen LogP contribution in [0.3, 0.4) is 0 Å². The minimum atomic E-state index is -4.80. The largest absolute Gasteiger partial charge is 0.471 e. The van der Waals surface area contributed by atoms with Crippen LogP contribution in [0.25, 0.3) is 11.4 Å². The Balaban J connectivity index is 2.32. The highest BCUT2D eigenvalue weighted by atomic mass is 32.2. The molecule has 0 spiro atoms. The van der Waals surface area contributed by atoms with Gasteiger partial charge in [-0.2, -0.15) is 18.2 Å². The van der Waals surface area contributed by atoms with Gasteiger partial charge in [0.15, 0.2) is 0 Å². The van der Waals surface area contributed by atoms with E-state index < -0.39 is 39.5 Å². The van der Waals surface area contributed by atoms with E-state index in [1.54, 1.807) is 0 Å². The summed E-state index contributed by atoms with van der Waals surface area (Å²) < 4.78 is 79.6. The molecule has 0 amide bonds. The van der Waals surface area contributed by atoms with Crippen LogP contribution >= 0.6 is 0 Å². The Morgan fingerprint density at radius 1 is 1.32 bits per heavy atom. The number of hydrogen-bond donors (Lipinski definition) is 1. The first-order valence-corrected chi connectivity index (χ1v) is 7.38. The summed E-state index contributed by atoms with van der Waals surface area (Å²) in [7, 11) is -2.50. The van der Waals surface area contributed by atoms with Gasteiger partial charge in [0, 0.05) is 11.1 Å². The highest BCUT2D eigenvalue weighted by Crippen LogP contribution is 2.29. The monoisotopic (exact) mass is 339 g/mol. The van der Waals surface area contributed by atoms with Gasteiger partial charge in [-0.3, -0.25) is 0 Å². The van der Waals surface area contributed by atoms with E-state index in [0.29, 0.717) is 0 Å². The average Bonchev–Trinajstić information content (AvgIpc) is 2.90. The Hall–Kier alpha value is -2.01. The molecule has 6 nitrogen and oxygen atoms in total. The van der Waals surface area contributed by atoms with Gasteiger partial charge in [-0.15, -0.1) is 0 Å². The fourth-order valence-corrected chi connectivity index (χ4v) is 2.32. The first kappa shape index (κ1) is 16.4. The highest BCUT2D eigenvalue weighted by Gasteiger charge is 2.38. The summed E-state index contributed by atoms with van der Waals surface area (Å²) in [5.74, 6) is -3.51. The van der Waals surface area contributed by atoms with Gasteiger partial charge in [0.05, 0.1) is 5.75 Å². The van der Waals surface area contributed by atoms with Crippen LogP contribution in [0.15, 0.2) is 22.7 Å². The lowest BCUT2D eigenvalue weighted by Gasteiger charge is -2.05. The minimum Gasteiger partial charge on any atom is -0.329 e. The summed E-state index contributed by atoms with van der Waals surface area (Å²) >= 11 is 0. The predicted octanol–water partition coefficient (Wildman–Crippen LogP) is 1.94. The van der Waals surface area contributed by atoms with Crippen molar-refractivity contribution in [3.63, 3.8) is 0 Å². The van der Waals surface area contributed by atoms with Gasteiger partial charge in [-0.25, -0.2) is 17.5 Å². The summed E-state index contributed by atoms with van der Waals surface area (Å²) in [4.78, 5) is 3.11. The van der Waals surface area contributed by atoms with Gasteiger partial charge in [-0.1, -0.05) is 17.3 Å². The molecule has 0 aliphatic heterocycles. The van der Waals surface area contributed by atoms with Crippen molar-refractivity contribution in [3.8, 4) is 11.4 Å². The molecule has 0 unspecified atom stereocenters. The van der Waals surface area contributed by atoms with E-state index in [0.717, 1.165) is 12.1 Å². The minimum absolute atomic E-state index is 0.0673. The van der Waals surface area contributed by atoms with E-state index in [4.69, 9.17) is 0 Å². The maximum Gasteiger partial charge on any atom is 0.471 e. The fourth-order valence-electron chi connectivity index (χ4n) is 1.54. The number of sulfonamides is 1. The van der Waals surface area contributed by atoms with Crippen molar-refractivity contribution < 1.29 is 30.5 Å². The van der Waals surface area contributed by atoms with Crippen LogP contribution in [0.2, 0.25) is 0 Å². The second kappa shape index (κ2) is 5.65. The zero-order valence-corrected chi connectivity index (χ0v) is 11.8. The molecule has 0 aliphatic rings. The van der Waals surface area contributed by atoms with Crippen molar-refractivity contribution in [2.45, 2.75) is 11.9 Å². The summed E-state index contributed by atoms with van der Waals surface area (Å²) in [5.41, 5.74) is -0.208. The maximum absolute atomic E-state index is 13.8. The lowest BCUT2D eigenvalue weighted by Crippen LogP contribution is -2.20. The van der Waals surface area contributed by atoms with E-state index in [-0.39, 0.29) is 11.1 Å². The maximum atomic E-state index is 13.8. The van der Waals surface area contributed by atoms with E-state index in [1.165, 1.54) is 13.1 Å². The van der Waals surface area contributed by atoms with Crippen LogP contribution in [-0.2, 0) is 22.0 Å². The first-order valence-electron chi connectivity index (χ1n) is 5.73. The molecule has 1 N–H and O–H groups in total. The van der Waals surface area contributed by atoms with Crippen LogP contribution in [0, 0.1) is 5.82 Å². The van der Waals surface area contributed by atoms with Crippen LogP contribution in [0.1, 0.15) is 11.5 Å². The number of rotatable bonds is 4. The summed E-state index contributed by atoms with van der Waals surface area (Å²) in [6.07, 6.45) is -4.80. The molecule has 0 bridgehead atoms. The number of halogens is 4. The predicted molar refractivity (Wildman–Crippen MR) is 66.4 cm³/mol. The molecule has 11 heteroatoms. The first-order chi connectivity index (χ1) is 10.1. The van der Waals surface area contributed by atoms with Crippen molar-refractivity contribution in [2.75, 3.05) is 7.05 Å². The third kappa shape index (κ3) is 3.60. The van der Waals surface area contributed by atoms with Crippen LogP contribution < -0.4 is 4.72 Å². The lowest BCUT2D eigenvalue weighted by atomic mass is 10.1. The Bertz CT molecular complexity index is 786. The number of nitrogens with one attached hydrogen (secondary N) is 1. The van der Waals surface area contributed by atoms with E-state index in [1.807, 2.05) is 4.72 Å². The van der Waals surface area contributed by atoms with Crippen LogP contribution in [0.5, 0.6) is 0 Å². The number of benzene rings is 1. The fraction of sp³-hybridized carbons (Fsp3) is 0.273. The number of alkyl halides is 3. The second-order valence-corrected chi connectivity index (χ2v) is 6.12. The molecule has 2 rings (SSSR count). The second-order valence-electron chi connectivity index (χ2n) is 4.19. The van der Waals surface area contributed by atoms with Crippen LogP contribution in [-0.4, -0.2) is 25.6 Å². The molecule has 2 aromatic rings. The molecular weight excluding hydrogens is 330 g/mol. The quantitative estimate of drug-likeness (QED) is 0.861. The van der Waals surface area contributed by atoms with Crippen molar-refractivity contribution in [3.05, 3.63) is 35.5 Å². The molecule has 1 aromatic heterocycles. The normalized spacial score (nSPS) is 12.6. The summed E-state index contributed by atoms with van der Waals surface area (Å²) in [6, 6.07) is 3.17. The molecule has 22 heavy (non-hydrogen) atoms. The van der Waals surface area contributed by atoms with Gasteiger partial charge in [-0.05, 0) is 13.1 Å². The zero-order valence-electron chi connectivity index (χ0n) is 11.0. The third-order valence-corrected chi connectivity index (χ3v) is 3.95. The smallest absolute Gasteiger partial charge is 0.329 e. The molecule has 0 radical (unpaired) electrons. The Kier molecular flexibility index (Phi) is 4.20.